The van der Waals surface area contributed by atoms with Gasteiger partial charge in [-0.3, -0.25) is 14.2 Å². The quantitative estimate of drug-likeness (QED) is 0.289. The molecule has 10 nitrogen and oxygen atoms in total. The van der Waals surface area contributed by atoms with E-state index in [-0.39, 0.29) is 36.1 Å². The van der Waals surface area contributed by atoms with Crippen molar-refractivity contribution in [3.8, 4) is 11.1 Å². The van der Waals surface area contributed by atoms with Gasteiger partial charge in [0.15, 0.2) is 0 Å². The number of ether oxygens (including phenoxy) is 1. The zero-order valence-corrected chi connectivity index (χ0v) is 24.8. The summed E-state index contributed by atoms with van der Waals surface area (Å²) in [6.07, 6.45) is 6.84. The fourth-order valence-electron chi connectivity index (χ4n) is 6.52. The molecule has 0 atom stereocenters. The summed E-state index contributed by atoms with van der Waals surface area (Å²) in [5, 5.41) is 18.2. The molecule has 224 valence electrons. The minimum absolute atomic E-state index is 0.00466. The molecule has 0 spiro atoms. The second-order valence-corrected chi connectivity index (χ2v) is 11.8. The number of nitrogens with zero attached hydrogens (tertiary/aromatic N) is 5. The Labute approximate surface area is 250 Å². The number of aliphatic hydroxyl groups excluding tert-OH is 1. The maximum Gasteiger partial charge on any atom is 0.259 e. The van der Waals surface area contributed by atoms with Crippen LogP contribution in [-0.2, 0) is 22.4 Å². The number of nitrogens with one attached hydrogen (secondary N) is 1. The van der Waals surface area contributed by atoms with E-state index in [1.807, 2.05) is 39.4 Å². The Balaban J connectivity index is 1.41. The van der Waals surface area contributed by atoms with Gasteiger partial charge in [-0.05, 0) is 61.8 Å². The van der Waals surface area contributed by atoms with Crippen LogP contribution in [0.5, 0.6) is 0 Å². The molecule has 1 saturated carbocycles. The van der Waals surface area contributed by atoms with E-state index in [0.717, 1.165) is 60.1 Å². The molecule has 2 aromatic heterocycles. The fraction of sp³-hybridized carbons (Fsp3) is 0.424. The van der Waals surface area contributed by atoms with Crippen LogP contribution in [0.3, 0.4) is 0 Å². The highest BCUT2D eigenvalue weighted by molar-refractivity contribution is 6.16. The zero-order chi connectivity index (χ0) is 30.0. The number of rotatable bonds is 10. The van der Waals surface area contributed by atoms with Gasteiger partial charge in [0.2, 0.25) is 11.7 Å². The highest BCUT2D eigenvalue weighted by Crippen LogP contribution is 2.37. The summed E-state index contributed by atoms with van der Waals surface area (Å²) in [5.74, 6) is 0.446. The molecule has 43 heavy (non-hydrogen) atoms. The average Bonchev–Trinajstić information content (AvgIpc) is 3.69. The van der Waals surface area contributed by atoms with Crippen molar-refractivity contribution in [2.75, 3.05) is 13.2 Å². The van der Waals surface area contributed by atoms with E-state index in [4.69, 9.17) is 4.74 Å². The largest absolute Gasteiger partial charge is 0.394 e. The Morgan fingerprint density at radius 2 is 1.88 bits per heavy atom. The van der Waals surface area contributed by atoms with Crippen molar-refractivity contribution < 1.29 is 14.6 Å². The van der Waals surface area contributed by atoms with E-state index in [1.54, 1.807) is 0 Å². The van der Waals surface area contributed by atoms with Crippen LogP contribution in [0.4, 0.5) is 0 Å². The lowest BCUT2D eigenvalue weighted by Gasteiger charge is -2.38. The number of amides is 1. The van der Waals surface area contributed by atoms with Crippen molar-refractivity contribution in [2.45, 2.75) is 76.9 Å². The number of hydrogen-bond acceptors (Lipinski definition) is 7. The van der Waals surface area contributed by atoms with Crippen LogP contribution in [0, 0.1) is 0 Å². The standard InChI is InChI=1S/C33H38N6O4/c1-3-7-29-27(19-22-10-11-25(23-8-5-4-6-9-23)26(18-22)28-20-30(41)37-36-28)31(42)38(32-34-21-35-39(29)32)24-12-14-33(2,15-13-24)43-17-16-40/h4-6,8-11,18,21,24,40H,3,7,12-17,19-20H2,1-2H3,(H,37,41). The summed E-state index contributed by atoms with van der Waals surface area (Å²) in [7, 11) is 0. The van der Waals surface area contributed by atoms with Gasteiger partial charge in [-0.1, -0.05) is 55.8 Å². The van der Waals surface area contributed by atoms with Crippen LogP contribution in [0.15, 0.2) is 64.8 Å². The highest BCUT2D eigenvalue weighted by atomic mass is 16.5. The first kappa shape index (κ1) is 28.9. The SMILES string of the molecule is CCCc1c(Cc2ccc(-c3ccccc3)c(C3=NNC(=O)C3)c2)c(=O)n(C2CCC(C)(OCCO)CC2)c2ncnn12. The molecule has 2 aromatic carbocycles. The first-order valence-electron chi connectivity index (χ1n) is 15.2. The molecular weight excluding hydrogens is 544 g/mol. The van der Waals surface area contributed by atoms with Gasteiger partial charge in [-0.25, -0.2) is 9.94 Å². The number of carbonyl (C=O) groups excluding carboxylic acids is 1. The number of carbonyl (C=O) groups is 1. The Kier molecular flexibility index (Phi) is 8.23. The number of hydrogen-bond donors (Lipinski definition) is 2. The molecule has 0 saturated heterocycles. The first-order valence-corrected chi connectivity index (χ1v) is 15.2. The summed E-state index contributed by atoms with van der Waals surface area (Å²) in [6, 6.07) is 16.2. The molecule has 10 heteroatoms. The molecule has 1 aliphatic carbocycles. The van der Waals surface area contributed by atoms with Crippen molar-refractivity contribution in [3.63, 3.8) is 0 Å². The maximum absolute atomic E-state index is 14.4. The minimum Gasteiger partial charge on any atom is -0.394 e. The molecule has 3 heterocycles. The van der Waals surface area contributed by atoms with E-state index in [2.05, 4.69) is 52.7 Å². The third kappa shape index (κ3) is 5.77. The second kappa shape index (κ2) is 12.2. The van der Waals surface area contributed by atoms with E-state index >= 15 is 0 Å². The third-order valence-electron chi connectivity index (χ3n) is 8.74. The molecule has 0 unspecified atom stereocenters. The van der Waals surface area contributed by atoms with Crippen molar-refractivity contribution in [1.82, 2.24) is 24.6 Å². The van der Waals surface area contributed by atoms with Gasteiger partial charge in [-0.2, -0.15) is 15.2 Å². The molecule has 1 fully saturated rings. The van der Waals surface area contributed by atoms with Gasteiger partial charge in [0, 0.05) is 23.6 Å². The van der Waals surface area contributed by atoms with E-state index < -0.39 is 0 Å². The van der Waals surface area contributed by atoms with Crippen molar-refractivity contribution in [3.05, 3.63) is 87.6 Å². The summed E-state index contributed by atoms with van der Waals surface area (Å²) >= 11 is 0. The van der Waals surface area contributed by atoms with Gasteiger partial charge in [0.1, 0.15) is 6.33 Å². The van der Waals surface area contributed by atoms with Crippen LogP contribution >= 0.6 is 0 Å². The first-order chi connectivity index (χ1) is 20.9. The number of aliphatic hydroxyl groups is 1. The van der Waals surface area contributed by atoms with E-state index in [0.29, 0.717) is 36.5 Å². The van der Waals surface area contributed by atoms with Gasteiger partial charge in [0.25, 0.3) is 5.56 Å². The van der Waals surface area contributed by atoms with Crippen LogP contribution in [0.1, 0.15) is 80.8 Å². The van der Waals surface area contributed by atoms with Crippen LogP contribution < -0.4 is 11.0 Å². The molecule has 1 amide bonds. The monoisotopic (exact) mass is 582 g/mol. The lowest BCUT2D eigenvalue weighted by atomic mass is 9.83. The summed E-state index contributed by atoms with van der Waals surface area (Å²) < 4.78 is 9.65. The molecule has 0 bridgehead atoms. The van der Waals surface area contributed by atoms with Gasteiger partial charge in [0.05, 0.1) is 36.6 Å². The number of aromatic nitrogens is 4. The van der Waals surface area contributed by atoms with E-state index in [1.165, 1.54) is 6.33 Å². The zero-order valence-electron chi connectivity index (χ0n) is 24.8. The van der Waals surface area contributed by atoms with Gasteiger partial charge < -0.3 is 9.84 Å². The summed E-state index contributed by atoms with van der Waals surface area (Å²) in [6.45, 7) is 4.49. The lowest BCUT2D eigenvalue weighted by Crippen LogP contribution is -2.39. The third-order valence-corrected chi connectivity index (χ3v) is 8.74. The number of benzene rings is 2. The van der Waals surface area contributed by atoms with E-state index in [9.17, 15) is 14.7 Å². The Morgan fingerprint density at radius 1 is 1.09 bits per heavy atom. The normalized spacial score (nSPS) is 20.4. The second-order valence-electron chi connectivity index (χ2n) is 11.8. The molecule has 2 aliphatic rings. The fourth-order valence-corrected chi connectivity index (χ4v) is 6.52. The van der Waals surface area contributed by atoms with Gasteiger partial charge in [-0.15, -0.1) is 0 Å². The number of aryl methyl sites for hydroxylation is 1. The average molecular weight is 583 g/mol. The maximum atomic E-state index is 14.4. The molecular formula is C33H38N6O4. The van der Waals surface area contributed by atoms with Crippen LogP contribution in [0.25, 0.3) is 16.9 Å². The topological polar surface area (TPSA) is 123 Å². The summed E-state index contributed by atoms with van der Waals surface area (Å²) in [4.78, 5) is 31.1. The molecule has 4 aromatic rings. The van der Waals surface area contributed by atoms with Crippen molar-refractivity contribution >= 4 is 17.4 Å². The predicted octanol–water partition coefficient (Wildman–Crippen LogP) is 4.21. The van der Waals surface area contributed by atoms with Crippen molar-refractivity contribution in [2.24, 2.45) is 5.10 Å². The number of fused-ring (bicyclic) bond motifs is 1. The molecule has 0 radical (unpaired) electrons. The molecule has 1 aliphatic heterocycles. The summed E-state index contributed by atoms with van der Waals surface area (Å²) in [5.41, 5.74) is 8.41. The molecule has 2 N–H and O–H groups in total. The minimum atomic E-state index is -0.312. The lowest BCUT2D eigenvalue weighted by molar-refractivity contribution is -0.119. The van der Waals surface area contributed by atoms with Crippen LogP contribution in [0.2, 0.25) is 0 Å². The van der Waals surface area contributed by atoms with Gasteiger partial charge >= 0.3 is 0 Å². The Hall–Kier alpha value is -4.15. The smallest absolute Gasteiger partial charge is 0.259 e. The number of hydrazone groups is 1. The Bertz CT molecular complexity index is 1720. The molecule has 6 rings (SSSR count). The highest BCUT2D eigenvalue weighted by Gasteiger charge is 2.34. The Morgan fingerprint density at radius 3 is 2.58 bits per heavy atom. The predicted molar refractivity (Wildman–Crippen MR) is 164 cm³/mol. The van der Waals surface area contributed by atoms with Crippen LogP contribution in [-0.4, -0.2) is 54.7 Å². The van der Waals surface area contributed by atoms with Crippen molar-refractivity contribution in [1.29, 1.82) is 0 Å².